The molecule has 32 heavy (non-hydrogen) atoms. The topological polar surface area (TPSA) is 169 Å². The van der Waals surface area contributed by atoms with Crippen LogP contribution in [0.4, 0.5) is 47.1 Å². The smallest absolute Gasteiger partial charge is 0.233 e. The first-order chi connectivity index (χ1) is 15.3. The third kappa shape index (κ3) is 5.47. The summed E-state index contributed by atoms with van der Waals surface area (Å²) in [6, 6.07) is 3.99. The van der Waals surface area contributed by atoms with Crippen molar-refractivity contribution in [3.05, 3.63) is 32.6 Å². The summed E-state index contributed by atoms with van der Waals surface area (Å²) in [4.78, 5) is 29.2. The number of thiophene rings is 2. The first kappa shape index (κ1) is 21.5. The Bertz CT molecular complexity index is 1220. The van der Waals surface area contributed by atoms with E-state index in [-0.39, 0.29) is 11.9 Å². The summed E-state index contributed by atoms with van der Waals surface area (Å²) in [6.45, 7) is 2.54. The van der Waals surface area contributed by atoms with Gasteiger partial charge in [0.1, 0.15) is 0 Å². The lowest BCUT2D eigenvalue weighted by atomic mass is 10.4. The fourth-order valence-electron chi connectivity index (χ4n) is 2.64. The van der Waals surface area contributed by atoms with Gasteiger partial charge in [-0.3, -0.25) is 0 Å². The molecule has 7 N–H and O–H groups in total. The van der Waals surface area contributed by atoms with E-state index >= 15 is 0 Å². The molecule has 0 radical (unpaired) electrons. The van der Waals surface area contributed by atoms with Crippen molar-refractivity contribution >= 4 is 69.7 Å². The lowest BCUT2D eigenvalue weighted by Crippen LogP contribution is -2.15. The standard InChI is InChI=1S/C18H22N12S2/c1-9-4-10(7-31-9)22-16-25-13(19)24-15(28-16)21-6-12-5-11(8-32-12)23-17-26-14(20)27-18(29-17)30(2)3/h4-5,7-8H,6H2,1-3H3,(H3,20,23,26,27,29)(H4,19,21,22,24,25,28). The maximum Gasteiger partial charge on any atom is 0.233 e. The largest absolute Gasteiger partial charge is 0.368 e. The Labute approximate surface area is 192 Å². The average molecular weight is 471 g/mol. The Hall–Kier alpha value is -3.78. The second kappa shape index (κ2) is 9.15. The lowest BCUT2D eigenvalue weighted by Gasteiger charge is -2.11. The Kier molecular flexibility index (Phi) is 6.13. The number of nitrogens with one attached hydrogen (secondary N) is 3. The molecule has 0 aliphatic heterocycles. The Morgan fingerprint density at radius 1 is 0.812 bits per heavy atom. The molecule has 0 unspecified atom stereocenters. The van der Waals surface area contributed by atoms with Crippen LogP contribution < -0.4 is 32.3 Å². The molecule has 14 heteroatoms. The molecule has 0 atom stereocenters. The summed E-state index contributed by atoms with van der Waals surface area (Å²) in [5, 5.41) is 13.4. The van der Waals surface area contributed by atoms with Gasteiger partial charge in [0.15, 0.2) is 0 Å². The monoisotopic (exact) mass is 470 g/mol. The van der Waals surface area contributed by atoms with E-state index in [1.54, 1.807) is 27.6 Å². The van der Waals surface area contributed by atoms with Crippen LogP contribution in [0.3, 0.4) is 0 Å². The van der Waals surface area contributed by atoms with Gasteiger partial charge in [0.05, 0.1) is 17.9 Å². The molecule has 4 aromatic heterocycles. The van der Waals surface area contributed by atoms with E-state index in [0.717, 1.165) is 16.3 Å². The highest BCUT2D eigenvalue weighted by Gasteiger charge is 2.09. The molecule has 0 bridgehead atoms. The molecular weight excluding hydrogens is 448 g/mol. The second-order valence-electron chi connectivity index (χ2n) is 6.90. The van der Waals surface area contributed by atoms with Crippen molar-refractivity contribution in [3.8, 4) is 0 Å². The fourth-order valence-corrected chi connectivity index (χ4v) is 4.03. The predicted molar refractivity (Wildman–Crippen MR) is 130 cm³/mol. The minimum Gasteiger partial charge on any atom is -0.368 e. The highest BCUT2D eigenvalue weighted by Crippen LogP contribution is 2.24. The first-order valence-corrected chi connectivity index (χ1v) is 11.2. The molecule has 0 saturated heterocycles. The second-order valence-corrected chi connectivity index (χ2v) is 9.01. The van der Waals surface area contributed by atoms with Gasteiger partial charge >= 0.3 is 0 Å². The Morgan fingerprint density at radius 2 is 1.44 bits per heavy atom. The number of rotatable bonds is 8. The number of aromatic nitrogens is 6. The van der Waals surface area contributed by atoms with E-state index in [4.69, 9.17) is 11.5 Å². The molecule has 0 aliphatic rings. The number of hydrogen-bond acceptors (Lipinski definition) is 14. The van der Waals surface area contributed by atoms with Crippen molar-refractivity contribution in [3.63, 3.8) is 0 Å². The number of hydrogen-bond donors (Lipinski definition) is 5. The Morgan fingerprint density at radius 3 is 2.12 bits per heavy atom. The number of aryl methyl sites for hydroxylation is 1. The molecule has 12 nitrogen and oxygen atoms in total. The third-order valence-electron chi connectivity index (χ3n) is 4.01. The minimum absolute atomic E-state index is 0.134. The van der Waals surface area contributed by atoms with Crippen LogP contribution in [-0.2, 0) is 6.54 Å². The van der Waals surface area contributed by atoms with Gasteiger partial charge in [-0.05, 0) is 19.1 Å². The van der Waals surface area contributed by atoms with Crippen LogP contribution in [0.25, 0.3) is 0 Å². The molecule has 166 valence electrons. The number of nitrogens with two attached hydrogens (primary N) is 2. The Balaban J connectivity index is 1.40. The normalized spacial score (nSPS) is 10.7. The zero-order valence-electron chi connectivity index (χ0n) is 17.6. The van der Waals surface area contributed by atoms with Crippen LogP contribution in [-0.4, -0.2) is 44.0 Å². The molecule has 0 aromatic carbocycles. The molecule has 0 spiro atoms. The molecule has 0 saturated carbocycles. The van der Waals surface area contributed by atoms with Crippen molar-refractivity contribution in [1.29, 1.82) is 0 Å². The van der Waals surface area contributed by atoms with Crippen LogP contribution in [0.2, 0.25) is 0 Å². The van der Waals surface area contributed by atoms with Crippen LogP contribution >= 0.6 is 22.7 Å². The van der Waals surface area contributed by atoms with Gasteiger partial charge in [-0.1, -0.05) is 0 Å². The summed E-state index contributed by atoms with van der Waals surface area (Å²) in [5.41, 5.74) is 13.4. The van der Waals surface area contributed by atoms with Gasteiger partial charge < -0.3 is 32.3 Å². The predicted octanol–water partition coefficient (Wildman–Crippen LogP) is 2.82. The van der Waals surface area contributed by atoms with Crippen molar-refractivity contribution in [2.45, 2.75) is 13.5 Å². The summed E-state index contributed by atoms with van der Waals surface area (Å²) in [5.74, 6) is 1.91. The first-order valence-electron chi connectivity index (χ1n) is 9.45. The van der Waals surface area contributed by atoms with Crippen molar-refractivity contribution in [2.75, 3.05) is 46.4 Å². The summed E-state index contributed by atoms with van der Waals surface area (Å²) in [6.07, 6.45) is 0. The van der Waals surface area contributed by atoms with Gasteiger partial charge in [0.2, 0.25) is 35.7 Å². The highest BCUT2D eigenvalue weighted by atomic mass is 32.1. The quantitative estimate of drug-likeness (QED) is 0.256. The molecule has 0 amide bonds. The van der Waals surface area contributed by atoms with E-state index in [1.807, 2.05) is 43.9 Å². The molecule has 4 heterocycles. The maximum atomic E-state index is 5.84. The van der Waals surface area contributed by atoms with Crippen LogP contribution in [0.15, 0.2) is 22.9 Å². The van der Waals surface area contributed by atoms with E-state index < -0.39 is 0 Å². The van der Waals surface area contributed by atoms with Gasteiger partial charge in [-0.2, -0.15) is 29.9 Å². The van der Waals surface area contributed by atoms with E-state index in [0.29, 0.717) is 30.3 Å². The van der Waals surface area contributed by atoms with Crippen LogP contribution in [0, 0.1) is 6.92 Å². The molecule has 0 aliphatic carbocycles. The number of nitrogens with zero attached hydrogens (tertiary/aromatic N) is 7. The molecule has 0 fully saturated rings. The van der Waals surface area contributed by atoms with Crippen LogP contribution in [0.1, 0.15) is 9.75 Å². The summed E-state index contributed by atoms with van der Waals surface area (Å²) < 4.78 is 0. The highest BCUT2D eigenvalue weighted by molar-refractivity contribution is 7.10. The average Bonchev–Trinajstić information content (AvgIpc) is 3.34. The van der Waals surface area contributed by atoms with E-state index in [2.05, 4.69) is 45.9 Å². The van der Waals surface area contributed by atoms with E-state index in [9.17, 15) is 0 Å². The van der Waals surface area contributed by atoms with Crippen molar-refractivity contribution in [1.82, 2.24) is 29.9 Å². The summed E-state index contributed by atoms with van der Waals surface area (Å²) >= 11 is 3.20. The maximum absolute atomic E-state index is 5.84. The lowest BCUT2D eigenvalue weighted by molar-refractivity contribution is 0.969. The van der Waals surface area contributed by atoms with Gasteiger partial charge in [-0.15, -0.1) is 22.7 Å². The zero-order valence-corrected chi connectivity index (χ0v) is 19.3. The molecule has 4 aromatic rings. The molecular formula is C18H22N12S2. The molecule has 4 rings (SSSR count). The number of anilines is 8. The third-order valence-corrected chi connectivity index (χ3v) is 5.81. The summed E-state index contributed by atoms with van der Waals surface area (Å²) in [7, 11) is 3.67. The zero-order chi connectivity index (χ0) is 22.7. The van der Waals surface area contributed by atoms with Gasteiger partial charge in [-0.25, -0.2) is 0 Å². The van der Waals surface area contributed by atoms with Crippen molar-refractivity contribution < 1.29 is 0 Å². The SMILES string of the molecule is Cc1cc(Nc2nc(N)nc(NCc3cc(Nc4nc(N)nc(N(C)C)n4)cs3)n2)cs1. The van der Waals surface area contributed by atoms with E-state index in [1.165, 1.54) is 4.88 Å². The fraction of sp³-hybridized carbons (Fsp3) is 0.222. The minimum atomic E-state index is 0.134. The van der Waals surface area contributed by atoms with Crippen molar-refractivity contribution in [2.24, 2.45) is 0 Å². The van der Waals surface area contributed by atoms with Gasteiger partial charge in [0, 0.05) is 34.6 Å². The number of nitrogen functional groups attached to an aromatic ring is 2. The van der Waals surface area contributed by atoms with Crippen LogP contribution in [0.5, 0.6) is 0 Å². The van der Waals surface area contributed by atoms with Gasteiger partial charge in [0.25, 0.3) is 0 Å².